The Kier molecular flexibility index (Phi) is 54.8. The molecule has 69 heavy (non-hydrogen) atoms. The average molecular weight is 964 g/mol. The lowest BCUT2D eigenvalue weighted by Gasteiger charge is -2.18. The fourth-order valence-corrected chi connectivity index (χ4v) is 8.30. The van der Waals surface area contributed by atoms with Crippen molar-refractivity contribution in [2.75, 3.05) is 13.2 Å². The fourth-order valence-electron chi connectivity index (χ4n) is 8.30. The van der Waals surface area contributed by atoms with Crippen molar-refractivity contribution in [2.24, 2.45) is 0 Å². The van der Waals surface area contributed by atoms with Crippen LogP contribution in [0.15, 0.2) is 72.9 Å². The van der Waals surface area contributed by atoms with Crippen LogP contribution in [0.1, 0.15) is 290 Å². The molecule has 0 aromatic carbocycles. The normalized spacial score (nSPS) is 12.6. The molecule has 0 spiro atoms. The summed E-state index contributed by atoms with van der Waals surface area (Å²) in [5.41, 5.74) is 0. The number of ether oxygens (including phenoxy) is 3. The van der Waals surface area contributed by atoms with E-state index < -0.39 is 6.10 Å². The average Bonchev–Trinajstić information content (AvgIpc) is 3.35. The molecule has 0 aliphatic heterocycles. The molecule has 0 aliphatic carbocycles. The molecule has 0 aromatic heterocycles. The van der Waals surface area contributed by atoms with Crippen LogP contribution in [0.4, 0.5) is 0 Å². The molecular weight excluding hydrogens is 853 g/mol. The van der Waals surface area contributed by atoms with Crippen LogP contribution >= 0.6 is 0 Å². The maximum atomic E-state index is 12.9. The number of unbranched alkanes of at least 4 members (excludes halogenated alkanes) is 30. The van der Waals surface area contributed by atoms with E-state index in [1.54, 1.807) is 0 Å². The van der Waals surface area contributed by atoms with Crippen molar-refractivity contribution in [1.29, 1.82) is 0 Å². The van der Waals surface area contributed by atoms with Crippen LogP contribution in [0.3, 0.4) is 0 Å². The quantitative estimate of drug-likeness (QED) is 0.0262. The number of esters is 3. The second kappa shape index (κ2) is 57.4. The van der Waals surface area contributed by atoms with Gasteiger partial charge in [-0.05, 0) is 83.5 Å². The maximum absolute atomic E-state index is 12.9. The van der Waals surface area contributed by atoms with Crippen molar-refractivity contribution in [3.8, 4) is 0 Å². The predicted molar refractivity (Wildman–Crippen MR) is 298 cm³/mol. The van der Waals surface area contributed by atoms with Gasteiger partial charge < -0.3 is 14.2 Å². The van der Waals surface area contributed by atoms with Gasteiger partial charge in [0, 0.05) is 19.3 Å². The zero-order chi connectivity index (χ0) is 50.0. The minimum atomic E-state index is -0.799. The molecule has 0 aliphatic rings. The molecule has 0 rings (SSSR count). The van der Waals surface area contributed by atoms with Crippen molar-refractivity contribution >= 4 is 17.9 Å². The fraction of sp³-hybridized carbons (Fsp3) is 0.762. The second-order valence-corrected chi connectivity index (χ2v) is 19.5. The molecule has 0 N–H and O–H groups in total. The van der Waals surface area contributed by atoms with Crippen LogP contribution in [-0.4, -0.2) is 37.2 Å². The van der Waals surface area contributed by atoms with E-state index in [0.717, 1.165) is 77.0 Å². The van der Waals surface area contributed by atoms with Gasteiger partial charge in [0.15, 0.2) is 6.10 Å². The highest BCUT2D eigenvalue weighted by Gasteiger charge is 2.19. The first-order valence-electron chi connectivity index (χ1n) is 29.4. The Labute approximate surface area is 427 Å². The first-order valence-corrected chi connectivity index (χ1v) is 29.4. The molecule has 1 atom stereocenters. The number of hydrogen-bond acceptors (Lipinski definition) is 6. The zero-order valence-electron chi connectivity index (χ0n) is 45.6. The minimum absolute atomic E-state index is 0.0922. The van der Waals surface area contributed by atoms with Gasteiger partial charge in [-0.2, -0.15) is 0 Å². The Morgan fingerprint density at radius 1 is 0.304 bits per heavy atom. The SMILES string of the molecule is CC/C=C\C/C=C\C/C=C\C/C=C\C/C=C\CCCC(=O)OC[C@H](COC(=O)CCCCCCCCCCCCCCCCCCC)OC(=O)CCCCCCCCC/C=C\CCCCCCCC. The first-order chi connectivity index (χ1) is 34.0. The van der Waals surface area contributed by atoms with E-state index in [0.29, 0.717) is 19.3 Å². The Bertz CT molecular complexity index is 1290. The van der Waals surface area contributed by atoms with Crippen LogP contribution in [0.2, 0.25) is 0 Å². The lowest BCUT2D eigenvalue weighted by atomic mass is 10.0. The van der Waals surface area contributed by atoms with E-state index in [1.165, 1.54) is 167 Å². The Morgan fingerprint density at radius 3 is 0.957 bits per heavy atom. The number of carbonyl (C=O) groups excluding carboxylic acids is 3. The van der Waals surface area contributed by atoms with E-state index in [2.05, 4.69) is 93.7 Å². The van der Waals surface area contributed by atoms with Crippen LogP contribution in [0.25, 0.3) is 0 Å². The van der Waals surface area contributed by atoms with Gasteiger partial charge in [-0.25, -0.2) is 0 Å². The molecule has 6 nitrogen and oxygen atoms in total. The van der Waals surface area contributed by atoms with Gasteiger partial charge in [0.2, 0.25) is 0 Å². The monoisotopic (exact) mass is 963 g/mol. The van der Waals surface area contributed by atoms with Gasteiger partial charge in [0.1, 0.15) is 13.2 Å². The third kappa shape index (κ3) is 55.6. The third-order valence-corrected chi connectivity index (χ3v) is 12.7. The second-order valence-electron chi connectivity index (χ2n) is 19.5. The lowest BCUT2D eigenvalue weighted by Crippen LogP contribution is -2.30. The van der Waals surface area contributed by atoms with E-state index in [-0.39, 0.29) is 37.5 Å². The number of rotatable bonds is 53. The minimum Gasteiger partial charge on any atom is -0.462 e. The lowest BCUT2D eigenvalue weighted by molar-refractivity contribution is -0.167. The Hall–Kier alpha value is -3.15. The summed E-state index contributed by atoms with van der Waals surface area (Å²) in [6, 6.07) is 0. The highest BCUT2D eigenvalue weighted by molar-refractivity contribution is 5.71. The molecule has 0 fully saturated rings. The highest BCUT2D eigenvalue weighted by Crippen LogP contribution is 2.16. The van der Waals surface area contributed by atoms with Crippen LogP contribution in [0, 0.1) is 0 Å². The van der Waals surface area contributed by atoms with Gasteiger partial charge in [0.05, 0.1) is 0 Å². The molecule has 0 bridgehead atoms. The first kappa shape index (κ1) is 65.8. The van der Waals surface area contributed by atoms with Gasteiger partial charge in [-0.15, -0.1) is 0 Å². The van der Waals surface area contributed by atoms with Gasteiger partial charge >= 0.3 is 17.9 Å². The van der Waals surface area contributed by atoms with Crippen LogP contribution in [0.5, 0.6) is 0 Å². The topological polar surface area (TPSA) is 78.9 Å². The summed E-state index contributed by atoms with van der Waals surface area (Å²) < 4.78 is 16.8. The molecule has 398 valence electrons. The largest absolute Gasteiger partial charge is 0.462 e. The molecule has 0 unspecified atom stereocenters. The summed E-state index contributed by atoms with van der Waals surface area (Å²) in [7, 11) is 0. The Balaban J connectivity index is 4.45. The van der Waals surface area contributed by atoms with Crippen molar-refractivity contribution < 1.29 is 28.6 Å². The predicted octanol–water partition coefficient (Wildman–Crippen LogP) is 19.8. The van der Waals surface area contributed by atoms with E-state index in [4.69, 9.17) is 14.2 Å². The van der Waals surface area contributed by atoms with E-state index in [1.807, 2.05) is 0 Å². The van der Waals surface area contributed by atoms with Crippen LogP contribution in [-0.2, 0) is 28.6 Å². The standard InChI is InChI=1S/C63H110O6/c1-4-7-10-13-16-19-22-25-28-31-34-37-40-43-46-49-52-55-61(64)67-58-60(69-63(66)57-54-51-48-45-42-39-36-33-30-27-24-21-18-15-12-9-6-3)59-68-62(65)56-53-50-47-44-41-38-35-32-29-26-23-20-17-14-11-8-5-2/h7,10,16,19,25,27-28,30,34,37,43,46,60H,4-6,8-9,11-15,17-18,20-24,26,29,31-33,35-36,38-42,44-45,47-59H2,1-3H3/b10-7-,19-16-,28-25-,30-27-,37-34-,46-43-/t60-/m1/s1. The Morgan fingerprint density at radius 2 is 0.580 bits per heavy atom. The molecular formula is C63H110O6. The van der Waals surface area contributed by atoms with Crippen LogP contribution < -0.4 is 0 Å². The van der Waals surface area contributed by atoms with Gasteiger partial charge in [-0.3, -0.25) is 14.4 Å². The zero-order valence-corrected chi connectivity index (χ0v) is 45.6. The summed E-state index contributed by atoms with van der Waals surface area (Å²) >= 11 is 0. The number of hydrogen-bond donors (Lipinski definition) is 0. The van der Waals surface area contributed by atoms with E-state index >= 15 is 0 Å². The maximum Gasteiger partial charge on any atom is 0.306 e. The molecule has 0 heterocycles. The van der Waals surface area contributed by atoms with E-state index in [9.17, 15) is 14.4 Å². The molecule has 0 radical (unpaired) electrons. The third-order valence-electron chi connectivity index (χ3n) is 12.7. The summed E-state index contributed by atoms with van der Waals surface area (Å²) in [5.74, 6) is -0.946. The molecule has 0 saturated carbocycles. The van der Waals surface area contributed by atoms with Crippen molar-refractivity contribution in [1.82, 2.24) is 0 Å². The summed E-state index contributed by atoms with van der Waals surface area (Å²) in [5, 5.41) is 0. The van der Waals surface area contributed by atoms with Gasteiger partial charge in [-0.1, -0.05) is 261 Å². The highest BCUT2D eigenvalue weighted by atomic mass is 16.6. The molecule has 6 heteroatoms. The van der Waals surface area contributed by atoms with Crippen molar-refractivity contribution in [3.63, 3.8) is 0 Å². The van der Waals surface area contributed by atoms with Crippen molar-refractivity contribution in [3.05, 3.63) is 72.9 Å². The molecule has 0 amide bonds. The number of allylic oxidation sites excluding steroid dienone is 12. The number of carbonyl (C=O) groups is 3. The van der Waals surface area contributed by atoms with Crippen molar-refractivity contribution in [2.45, 2.75) is 297 Å². The summed E-state index contributed by atoms with van der Waals surface area (Å²) in [6.45, 7) is 6.50. The van der Waals surface area contributed by atoms with Gasteiger partial charge in [0.25, 0.3) is 0 Å². The summed E-state index contributed by atoms with van der Waals surface area (Å²) in [6.07, 6.45) is 73.3. The smallest absolute Gasteiger partial charge is 0.306 e. The molecule has 0 saturated heterocycles. The summed E-state index contributed by atoms with van der Waals surface area (Å²) in [4.78, 5) is 38.2. The molecule has 0 aromatic rings.